The van der Waals surface area contributed by atoms with Gasteiger partial charge in [-0.15, -0.1) is 6.58 Å². The molecule has 1 fully saturated rings. The largest absolute Gasteiger partial charge is 0.489 e. The van der Waals surface area contributed by atoms with Crippen molar-refractivity contribution in [3.05, 3.63) is 81.2 Å². The number of carbonyl (C=O) groups is 1. The molecule has 0 unspecified atom stereocenters. The zero-order chi connectivity index (χ0) is 19.4. The van der Waals surface area contributed by atoms with Gasteiger partial charge in [-0.2, -0.15) is 0 Å². The fourth-order valence-electron chi connectivity index (χ4n) is 2.42. The Labute approximate surface area is 177 Å². The number of benzene rings is 2. The van der Waals surface area contributed by atoms with E-state index in [0.717, 1.165) is 11.1 Å². The van der Waals surface area contributed by atoms with E-state index < -0.39 is 0 Å². The maximum absolute atomic E-state index is 12.4. The summed E-state index contributed by atoms with van der Waals surface area (Å²) in [6, 6.07) is 12.8. The van der Waals surface area contributed by atoms with E-state index in [1.54, 1.807) is 24.3 Å². The molecule has 2 aromatic carbocycles. The molecule has 1 amide bonds. The third-order valence-electron chi connectivity index (χ3n) is 3.81. The minimum absolute atomic E-state index is 0.0985. The lowest BCUT2D eigenvalue weighted by Gasteiger charge is -2.10. The predicted molar refractivity (Wildman–Crippen MR) is 117 cm³/mol. The number of halogens is 2. The van der Waals surface area contributed by atoms with E-state index >= 15 is 0 Å². The molecule has 0 N–H and O–H groups in total. The van der Waals surface area contributed by atoms with Gasteiger partial charge in [0.15, 0.2) is 0 Å². The number of thioether (sulfide) groups is 1. The summed E-state index contributed by atoms with van der Waals surface area (Å²) in [7, 11) is 0. The Morgan fingerprint density at radius 1 is 1.15 bits per heavy atom. The summed E-state index contributed by atoms with van der Waals surface area (Å²) >= 11 is 18.8. The Bertz CT molecular complexity index is 906. The van der Waals surface area contributed by atoms with Crippen LogP contribution in [-0.2, 0) is 11.4 Å². The molecule has 27 heavy (non-hydrogen) atoms. The standard InChI is InChI=1S/C20H15Cl2NO2S2/c1-2-10-23-19(24)18(27-20(23)26)11-13-6-8-14(9-7-13)25-12-15-16(21)4-3-5-17(15)22/h2-9,11H,1,10,12H2. The lowest BCUT2D eigenvalue weighted by atomic mass is 10.2. The number of nitrogens with zero attached hydrogens (tertiary/aromatic N) is 1. The summed E-state index contributed by atoms with van der Waals surface area (Å²) in [5.74, 6) is 0.584. The molecule has 0 atom stereocenters. The highest BCUT2D eigenvalue weighted by Gasteiger charge is 2.30. The summed E-state index contributed by atoms with van der Waals surface area (Å²) in [6.07, 6.45) is 3.47. The van der Waals surface area contributed by atoms with E-state index in [0.29, 0.717) is 31.6 Å². The molecule has 1 aliphatic heterocycles. The summed E-state index contributed by atoms with van der Waals surface area (Å²) in [5.41, 5.74) is 1.63. The summed E-state index contributed by atoms with van der Waals surface area (Å²) in [4.78, 5) is 14.5. The molecule has 0 aromatic heterocycles. The number of hydrogen-bond donors (Lipinski definition) is 0. The first-order valence-electron chi connectivity index (χ1n) is 8.01. The first-order chi connectivity index (χ1) is 13.0. The van der Waals surface area contributed by atoms with Crippen molar-refractivity contribution >= 4 is 63.5 Å². The molecule has 1 aliphatic rings. The molecule has 1 heterocycles. The van der Waals surface area contributed by atoms with E-state index in [-0.39, 0.29) is 12.5 Å². The number of hydrogen-bond acceptors (Lipinski definition) is 4. The van der Waals surface area contributed by atoms with Gasteiger partial charge in [0.2, 0.25) is 0 Å². The molecule has 138 valence electrons. The van der Waals surface area contributed by atoms with Gasteiger partial charge < -0.3 is 4.74 Å². The second kappa shape index (κ2) is 8.93. The van der Waals surface area contributed by atoms with Crippen molar-refractivity contribution < 1.29 is 9.53 Å². The fourth-order valence-corrected chi connectivity index (χ4v) is 4.21. The van der Waals surface area contributed by atoms with Gasteiger partial charge in [0, 0.05) is 22.2 Å². The van der Waals surface area contributed by atoms with E-state index in [2.05, 4.69) is 6.58 Å². The van der Waals surface area contributed by atoms with Gasteiger partial charge in [0.1, 0.15) is 16.7 Å². The van der Waals surface area contributed by atoms with Crippen molar-refractivity contribution in [2.45, 2.75) is 6.61 Å². The lowest BCUT2D eigenvalue weighted by Crippen LogP contribution is -2.27. The highest BCUT2D eigenvalue weighted by molar-refractivity contribution is 8.26. The molecule has 7 heteroatoms. The second-order valence-corrected chi connectivity index (χ2v) is 8.13. The average Bonchev–Trinajstić information content (AvgIpc) is 2.90. The van der Waals surface area contributed by atoms with Gasteiger partial charge in [-0.25, -0.2) is 0 Å². The Balaban J connectivity index is 1.68. The Kier molecular flexibility index (Phi) is 6.60. The van der Waals surface area contributed by atoms with Crippen LogP contribution in [0.15, 0.2) is 60.0 Å². The SMILES string of the molecule is C=CCN1C(=O)C(=Cc2ccc(OCc3c(Cl)cccc3Cl)cc2)SC1=S. The van der Waals surface area contributed by atoms with Crippen LogP contribution in [0.25, 0.3) is 6.08 Å². The third kappa shape index (κ3) is 4.74. The fraction of sp³-hybridized carbons (Fsp3) is 0.100. The van der Waals surface area contributed by atoms with Crippen LogP contribution in [0.5, 0.6) is 5.75 Å². The van der Waals surface area contributed by atoms with Gasteiger partial charge in [0.25, 0.3) is 5.91 Å². The zero-order valence-corrected chi connectivity index (χ0v) is 17.3. The summed E-state index contributed by atoms with van der Waals surface area (Å²) in [6.45, 7) is 4.34. The van der Waals surface area contributed by atoms with Gasteiger partial charge in [-0.3, -0.25) is 9.69 Å². The predicted octanol–water partition coefficient (Wildman–Crippen LogP) is 5.96. The van der Waals surface area contributed by atoms with Gasteiger partial charge in [0.05, 0.1) is 4.91 Å². The Morgan fingerprint density at radius 2 is 1.81 bits per heavy atom. The maximum Gasteiger partial charge on any atom is 0.266 e. The normalized spacial score (nSPS) is 15.5. The molecule has 1 saturated heterocycles. The topological polar surface area (TPSA) is 29.5 Å². The molecule has 3 nitrogen and oxygen atoms in total. The third-order valence-corrected chi connectivity index (χ3v) is 5.89. The Hall–Kier alpha value is -1.79. The monoisotopic (exact) mass is 435 g/mol. The van der Waals surface area contributed by atoms with Crippen molar-refractivity contribution in [1.82, 2.24) is 4.90 Å². The molecule has 0 radical (unpaired) electrons. The summed E-state index contributed by atoms with van der Waals surface area (Å²) in [5, 5.41) is 1.14. The summed E-state index contributed by atoms with van der Waals surface area (Å²) < 4.78 is 6.31. The van der Waals surface area contributed by atoms with Crippen LogP contribution >= 0.6 is 47.2 Å². The van der Waals surface area contributed by atoms with Gasteiger partial charge >= 0.3 is 0 Å². The molecule has 0 spiro atoms. The molecule has 0 saturated carbocycles. The quantitative estimate of drug-likeness (QED) is 0.318. The smallest absolute Gasteiger partial charge is 0.266 e. The molecular weight excluding hydrogens is 421 g/mol. The van der Waals surface area contributed by atoms with Crippen LogP contribution in [-0.4, -0.2) is 21.7 Å². The van der Waals surface area contributed by atoms with Crippen LogP contribution in [0.4, 0.5) is 0 Å². The minimum Gasteiger partial charge on any atom is -0.489 e. The van der Waals surface area contributed by atoms with Crippen molar-refractivity contribution in [2.24, 2.45) is 0 Å². The number of ether oxygens (including phenoxy) is 1. The molecule has 3 rings (SSSR count). The molecule has 0 aliphatic carbocycles. The number of rotatable bonds is 6. The van der Waals surface area contributed by atoms with E-state index in [1.165, 1.54) is 16.7 Å². The van der Waals surface area contributed by atoms with Crippen LogP contribution in [0.2, 0.25) is 10.0 Å². The van der Waals surface area contributed by atoms with Gasteiger partial charge in [-0.05, 0) is 35.9 Å². The highest BCUT2D eigenvalue weighted by Crippen LogP contribution is 2.32. The molecular formula is C20H15Cl2NO2S2. The maximum atomic E-state index is 12.4. The zero-order valence-electron chi connectivity index (χ0n) is 14.2. The van der Waals surface area contributed by atoms with E-state index in [1.807, 2.05) is 30.3 Å². The van der Waals surface area contributed by atoms with Crippen LogP contribution in [0.1, 0.15) is 11.1 Å². The van der Waals surface area contributed by atoms with E-state index in [9.17, 15) is 4.79 Å². The van der Waals surface area contributed by atoms with Crippen molar-refractivity contribution in [3.63, 3.8) is 0 Å². The lowest BCUT2D eigenvalue weighted by molar-refractivity contribution is -0.121. The van der Waals surface area contributed by atoms with Crippen molar-refractivity contribution in [3.8, 4) is 5.75 Å². The van der Waals surface area contributed by atoms with Crippen LogP contribution in [0, 0.1) is 0 Å². The number of thiocarbonyl (C=S) groups is 1. The number of amides is 1. The van der Waals surface area contributed by atoms with Gasteiger partial charge in [-0.1, -0.05) is 71.5 Å². The molecule has 0 bridgehead atoms. The minimum atomic E-state index is -0.0985. The highest BCUT2D eigenvalue weighted by atomic mass is 35.5. The molecule has 2 aromatic rings. The first kappa shape index (κ1) is 20.0. The van der Waals surface area contributed by atoms with Crippen LogP contribution in [0.3, 0.4) is 0 Å². The number of carbonyl (C=O) groups excluding carboxylic acids is 1. The average molecular weight is 436 g/mol. The van der Waals surface area contributed by atoms with Crippen LogP contribution < -0.4 is 4.74 Å². The van der Waals surface area contributed by atoms with Crippen molar-refractivity contribution in [2.75, 3.05) is 6.54 Å². The second-order valence-electron chi connectivity index (χ2n) is 5.64. The van der Waals surface area contributed by atoms with E-state index in [4.69, 9.17) is 40.2 Å². The first-order valence-corrected chi connectivity index (χ1v) is 9.99. The Morgan fingerprint density at radius 3 is 2.44 bits per heavy atom. The van der Waals surface area contributed by atoms with Crippen molar-refractivity contribution in [1.29, 1.82) is 0 Å².